The fourth-order valence-corrected chi connectivity index (χ4v) is 2.11. The van der Waals surface area contributed by atoms with Crippen LogP contribution < -0.4 is 0 Å². The van der Waals surface area contributed by atoms with E-state index in [-0.39, 0.29) is 6.17 Å². The summed E-state index contributed by atoms with van der Waals surface area (Å²) in [4.78, 5) is 2.02. The second-order valence-electron chi connectivity index (χ2n) is 4.20. The maximum absolute atomic E-state index is 5.18. The number of nitrogens with zero attached hydrogens (tertiary/aromatic N) is 5. The minimum atomic E-state index is -0.0475. The van der Waals surface area contributed by atoms with Gasteiger partial charge in [0.2, 0.25) is 5.11 Å². The van der Waals surface area contributed by atoms with Gasteiger partial charge in [0.25, 0.3) is 0 Å². The lowest BCUT2D eigenvalue weighted by atomic mass is 10.3. The Bertz CT molecular complexity index is 444. The molecular formula is C11H17N5OS. The van der Waals surface area contributed by atoms with E-state index in [4.69, 9.17) is 17.0 Å². The highest BCUT2D eigenvalue weighted by atomic mass is 32.1. The predicted octanol–water partition coefficient (Wildman–Crippen LogP) is 1.61. The summed E-state index contributed by atoms with van der Waals surface area (Å²) in [7, 11) is 1.70. The average molecular weight is 267 g/mol. The molecule has 1 aromatic heterocycles. The van der Waals surface area contributed by atoms with E-state index in [1.165, 1.54) is 0 Å². The van der Waals surface area contributed by atoms with Crippen LogP contribution in [0.5, 0.6) is 0 Å². The van der Waals surface area contributed by atoms with Crippen LogP contribution >= 0.6 is 12.2 Å². The Balaban J connectivity index is 1.93. The molecule has 0 saturated heterocycles. The maximum Gasteiger partial charge on any atom is 0.217 e. The summed E-state index contributed by atoms with van der Waals surface area (Å²) >= 11 is 5.18. The standard InChI is InChI=1S/C11H17N5OS/c1-9-4-6-15(14-9)8-10-12-13-11(18)16(10)5-3-7-17-2/h4,6,10H,3,5,7-8H2,1-2H3. The van der Waals surface area contributed by atoms with Crippen molar-refractivity contribution in [3.05, 3.63) is 18.0 Å². The zero-order chi connectivity index (χ0) is 13.0. The van der Waals surface area contributed by atoms with Crippen LogP contribution in [0.3, 0.4) is 0 Å². The van der Waals surface area contributed by atoms with E-state index in [0.717, 1.165) is 18.7 Å². The third-order valence-corrected chi connectivity index (χ3v) is 3.07. The second kappa shape index (κ2) is 6.01. The maximum atomic E-state index is 5.18. The van der Waals surface area contributed by atoms with Gasteiger partial charge in [-0.15, -0.1) is 5.11 Å². The van der Waals surface area contributed by atoms with Gasteiger partial charge >= 0.3 is 0 Å². The molecule has 6 nitrogen and oxygen atoms in total. The van der Waals surface area contributed by atoms with Crippen molar-refractivity contribution in [1.29, 1.82) is 0 Å². The zero-order valence-corrected chi connectivity index (χ0v) is 11.4. The third kappa shape index (κ3) is 3.11. The van der Waals surface area contributed by atoms with E-state index in [9.17, 15) is 0 Å². The summed E-state index contributed by atoms with van der Waals surface area (Å²) in [6.07, 6.45) is 2.81. The van der Waals surface area contributed by atoms with Gasteiger partial charge in [0.05, 0.1) is 12.2 Å². The van der Waals surface area contributed by atoms with Crippen LogP contribution in [0.2, 0.25) is 0 Å². The molecule has 1 aliphatic heterocycles. The third-order valence-electron chi connectivity index (χ3n) is 2.75. The van der Waals surface area contributed by atoms with Crippen LogP contribution in [0.15, 0.2) is 22.5 Å². The highest BCUT2D eigenvalue weighted by Gasteiger charge is 2.26. The molecule has 0 saturated carbocycles. The number of methoxy groups -OCH3 is 1. The van der Waals surface area contributed by atoms with Gasteiger partial charge in [-0.3, -0.25) is 4.68 Å². The van der Waals surface area contributed by atoms with Crippen LogP contribution in [0.1, 0.15) is 12.1 Å². The summed E-state index contributed by atoms with van der Waals surface area (Å²) in [5.41, 5.74) is 0.999. The van der Waals surface area contributed by atoms with Crippen LogP contribution in [0.4, 0.5) is 0 Å². The normalized spacial score (nSPS) is 18.9. The van der Waals surface area contributed by atoms with E-state index in [1.807, 2.05) is 28.8 Å². The zero-order valence-electron chi connectivity index (χ0n) is 10.6. The Kier molecular flexibility index (Phi) is 4.38. The van der Waals surface area contributed by atoms with Crippen LogP contribution in [0.25, 0.3) is 0 Å². The Hall–Kier alpha value is -1.34. The number of thiocarbonyl (C=S) groups is 1. The van der Waals surface area contributed by atoms with Crippen LogP contribution in [-0.4, -0.2) is 46.2 Å². The lowest BCUT2D eigenvalue weighted by Gasteiger charge is -2.22. The van der Waals surface area contributed by atoms with Crippen LogP contribution in [0, 0.1) is 6.92 Å². The first-order valence-corrected chi connectivity index (χ1v) is 6.32. The first kappa shape index (κ1) is 13.1. The molecule has 0 fully saturated rings. The minimum absolute atomic E-state index is 0.0475. The van der Waals surface area contributed by atoms with Crippen molar-refractivity contribution in [1.82, 2.24) is 14.7 Å². The average Bonchev–Trinajstić information content (AvgIpc) is 2.89. The van der Waals surface area contributed by atoms with Crippen molar-refractivity contribution in [3.63, 3.8) is 0 Å². The van der Waals surface area contributed by atoms with E-state index in [2.05, 4.69) is 15.3 Å². The molecule has 0 bridgehead atoms. The first-order valence-electron chi connectivity index (χ1n) is 5.91. The van der Waals surface area contributed by atoms with Gasteiger partial charge in [-0.25, -0.2) is 0 Å². The van der Waals surface area contributed by atoms with Crippen LogP contribution in [-0.2, 0) is 11.3 Å². The quantitative estimate of drug-likeness (QED) is 0.580. The SMILES string of the molecule is COCCCN1C(=S)N=NC1Cn1ccc(C)n1. The summed E-state index contributed by atoms with van der Waals surface area (Å²) in [6, 6.07) is 1.97. The van der Waals surface area contributed by atoms with Gasteiger partial charge in [-0.05, 0) is 31.6 Å². The summed E-state index contributed by atoms with van der Waals surface area (Å²) in [5, 5.41) is 13.1. The van der Waals surface area contributed by atoms with Gasteiger partial charge in [-0.2, -0.15) is 10.2 Å². The largest absolute Gasteiger partial charge is 0.385 e. The molecule has 2 heterocycles. The second-order valence-corrected chi connectivity index (χ2v) is 4.56. The van der Waals surface area contributed by atoms with Gasteiger partial charge in [0.15, 0.2) is 6.17 Å². The topological polar surface area (TPSA) is 55.0 Å². The van der Waals surface area contributed by atoms with Gasteiger partial charge in [0.1, 0.15) is 0 Å². The van der Waals surface area contributed by atoms with E-state index >= 15 is 0 Å². The van der Waals surface area contributed by atoms with E-state index in [0.29, 0.717) is 18.3 Å². The van der Waals surface area contributed by atoms with E-state index in [1.54, 1.807) is 7.11 Å². The molecular weight excluding hydrogens is 250 g/mol. The molecule has 0 spiro atoms. The lowest BCUT2D eigenvalue weighted by molar-refractivity contribution is 0.179. The van der Waals surface area contributed by atoms with Crippen molar-refractivity contribution in [2.75, 3.05) is 20.3 Å². The Morgan fingerprint density at radius 2 is 2.33 bits per heavy atom. The van der Waals surface area contributed by atoms with Crippen molar-refractivity contribution < 1.29 is 4.74 Å². The molecule has 1 aromatic rings. The molecule has 1 atom stereocenters. The fourth-order valence-electron chi connectivity index (χ4n) is 1.85. The highest BCUT2D eigenvalue weighted by Crippen LogP contribution is 2.15. The molecule has 7 heteroatoms. The van der Waals surface area contributed by atoms with Crippen molar-refractivity contribution in [2.24, 2.45) is 10.2 Å². The number of aromatic nitrogens is 2. The number of hydrogen-bond donors (Lipinski definition) is 0. The number of aryl methyl sites for hydroxylation is 1. The summed E-state index contributed by atoms with van der Waals surface area (Å²) in [5.74, 6) is 0. The Morgan fingerprint density at radius 1 is 1.50 bits per heavy atom. The Labute approximate surface area is 112 Å². The molecule has 0 aromatic carbocycles. The van der Waals surface area contributed by atoms with Crippen molar-refractivity contribution in [3.8, 4) is 0 Å². The monoisotopic (exact) mass is 267 g/mol. The molecule has 1 unspecified atom stereocenters. The molecule has 0 aliphatic carbocycles. The summed E-state index contributed by atoms with van der Waals surface area (Å²) < 4.78 is 6.92. The number of rotatable bonds is 6. The first-order chi connectivity index (χ1) is 8.70. The Morgan fingerprint density at radius 3 is 3.00 bits per heavy atom. The van der Waals surface area contributed by atoms with Crippen molar-refractivity contribution in [2.45, 2.75) is 26.1 Å². The predicted molar refractivity (Wildman–Crippen MR) is 71.4 cm³/mol. The van der Waals surface area contributed by atoms with Crippen molar-refractivity contribution >= 4 is 17.3 Å². The van der Waals surface area contributed by atoms with Gasteiger partial charge < -0.3 is 9.64 Å². The molecule has 0 N–H and O–H groups in total. The molecule has 1 aliphatic rings. The number of azo groups is 1. The molecule has 18 heavy (non-hydrogen) atoms. The molecule has 0 radical (unpaired) electrons. The lowest BCUT2D eigenvalue weighted by Crippen LogP contribution is -2.37. The number of hydrogen-bond acceptors (Lipinski definition) is 4. The summed E-state index contributed by atoms with van der Waals surface area (Å²) in [6.45, 7) is 4.16. The van der Waals surface area contributed by atoms with E-state index < -0.39 is 0 Å². The minimum Gasteiger partial charge on any atom is -0.385 e. The number of ether oxygens (including phenoxy) is 1. The van der Waals surface area contributed by atoms with Gasteiger partial charge in [-0.1, -0.05) is 0 Å². The molecule has 0 amide bonds. The molecule has 98 valence electrons. The molecule has 2 rings (SSSR count). The smallest absolute Gasteiger partial charge is 0.217 e. The van der Waals surface area contributed by atoms with Gasteiger partial charge in [0, 0.05) is 26.5 Å². The highest BCUT2D eigenvalue weighted by molar-refractivity contribution is 7.80. The fraction of sp³-hybridized carbons (Fsp3) is 0.636.